The highest BCUT2D eigenvalue weighted by atomic mass is 16.5. The molecule has 0 saturated carbocycles. The van der Waals surface area contributed by atoms with Crippen molar-refractivity contribution in [3.05, 3.63) is 0 Å². The number of amides is 2. The van der Waals surface area contributed by atoms with Crippen molar-refractivity contribution in [2.75, 3.05) is 14.2 Å². The van der Waals surface area contributed by atoms with Gasteiger partial charge in [0, 0.05) is 7.05 Å². The number of hydrogen-bond donors (Lipinski definition) is 1. The van der Waals surface area contributed by atoms with Crippen LogP contribution in [-0.4, -0.2) is 48.9 Å². The molecule has 1 N–H and O–H groups in total. The fourth-order valence-electron chi connectivity index (χ4n) is 1.76. The monoisotopic (exact) mass is 242 g/mol. The van der Waals surface area contributed by atoms with Crippen LogP contribution < -0.4 is 5.32 Å². The highest BCUT2D eigenvalue weighted by molar-refractivity contribution is 6.05. The Bertz CT molecular complexity index is 340. The first-order chi connectivity index (χ1) is 7.88. The van der Waals surface area contributed by atoms with E-state index in [1.54, 1.807) is 0 Å². The second-order valence-electron chi connectivity index (χ2n) is 4.46. The number of carbonyl (C=O) groups excluding carboxylic acids is 3. The van der Waals surface area contributed by atoms with Gasteiger partial charge in [-0.2, -0.15) is 0 Å². The van der Waals surface area contributed by atoms with E-state index in [1.807, 2.05) is 13.8 Å². The van der Waals surface area contributed by atoms with Gasteiger partial charge in [-0.05, 0) is 5.92 Å². The lowest BCUT2D eigenvalue weighted by Gasteiger charge is -2.22. The second-order valence-corrected chi connectivity index (χ2v) is 4.46. The van der Waals surface area contributed by atoms with Crippen molar-refractivity contribution < 1.29 is 19.1 Å². The molecule has 96 valence electrons. The summed E-state index contributed by atoms with van der Waals surface area (Å²) in [5.41, 5.74) is 0. The topological polar surface area (TPSA) is 75.7 Å². The molecule has 0 bridgehead atoms. The molecule has 0 aromatic rings. The normalized spacial score (nSPS) is 22.2. The quantitative estimate of drug-likeness (QED) is 0.533. The number of nitrogens with zero attached hydrogens (tertiary/aromatic N) is 1. The van der Waals surface area contributed by atoms with Gasteiger partial charge in [0.1, 0.15) is 6.04 Å². The van der Waals surface area contributed by atoms with Gasteiger partial charge in [-0.3, -0.25) is 24.6 Å². The number of nitrogens with one attached hydrogen (secondary N) is 1. The lowest BCUT2D eigenvalue weighted by Crippen LogP contribution is -2.49. The Morgan fingerprint density at radius 1 is 1.47 bits per heavy atom. The van der Waals surface area contributed by atoms with Crippen LogP contribution in [0.4, 0.5) is 0 Å². The van der Waals surface area contributed by atoms with Crippen molar-refractivity contribution in [3.8, 4) is 0 Å². The molecule has 6 nitrogen and oxygen atoms in total. The SMILES string of the molecule is COC(=O)C(NC1CC(=O)N(C)C1=O)C(C)C. The molecule has 0 aromatic carbocycles. The minimum atomic E-state index is -0.626. The molecule has 1 heterocycles. The maximum atomic E-state index is 11.7. The summed E-state index contributed by atoms with van der Waals surface area (Å²) >= 11 is 0. The largest absolute Gasteiger partial charge is 0.468 e. The van der Waals surface area contributed by atoms with E-state index in [0.29, 0.717) is 0 Å². The third-order valence-electron chi connectivity index (χ3n) is 2.88. The molecule has 1 saturated heterocycles. The smallest absolute Gasteiger partial charge is 0.323 e. The maximum Gasteiger partial charge on any atom is 0.323 e. The van der Waals surface area contributed by atoms with Gasteiger partial charge in [-0.25, -0.2) is 0 Å². The fourth-order valence-corrected chi connectivity index (χ4v) is 1.76. The van der Waals surface area contributed by atoms with E-state index in [4.69, 9.17) is 0 Å². The number of methoxy groups -OCH3 is 1. The van der Waals surface area contributed by atoms with Crippen molar-refractivity contribution in [2.45, 2.75) is 32.4 Å². The van der Waals surface area contributed by atoms with Crippen LogP contribution in [0.2, 0.25) is 0 Å². The Kier molecular flexibility index (Phi) is 4.22. The van der Waals surface area contributed by atoms with Crippen molar-refractivity contribution >= 4 is 17.8 Å². The predicted octanol–water partition coefficient (Wildman–Crippen LogP) is -0.469. The molecule has 0 aliphatic carbocycles. The summed E-state index contributed by atoms with van der Waals surface area (Å²) < 4.78 is 4.66. The average molecular weight is 242 g/mol. The lowest BCUT2D eigenvalue weighted by molar-refractivity contribution is -0.144. The summed E-state index contributed by atoms with van der Waals surface area (Å²) in [7, 11) is 2.74. The van der Waals surface area contributed by atoms with Crippen molar-refractivity contribution in [2.24, 2.45) is 5.92 Å². The van der Waals surface area contributed by atoms with Crippen molar-refractivity contribution in [3.63, 3.8) is 0 Å². The number of likely N-dealkylation sites (N-methyl/N-ethyl adjacent to an activating group) is 1. The summed E-state index contributed by atoms with van der Waals surface area (Å²) in [6, 6.07) is -1.20. The Morgan fingerprint density at radius 3 is 2.41 bits per heavy atom. The zero-order valence-electron chi connectivity index (χ0n) is 10.5. The molecular weight excluding hydrogens is 224 g/mol. The predicted molar refractivity (Wildman–Crippen MR) is 60.0 cm³/mol. The zero-order valence-corrected chi connectivity index (χ0v) is 10.5. The average Bonchev–Trinajstić information content (AvgIpc) is 2.52. The number of esters is 1. The van der Waals surface area contributed by atoms with Gasteiger partial charge in [0.05, 0.1) is 19.6 Å². The number of likely N-dealkylation sites (tertiary alicyclic amines) is 1. The summed E-state index contributed by atoms with van der Waals surface area (Å²) in [5.74, 6) is -0.976. The van der Waals surface area contributed by atoms with E-state index >= 15 is 0 Å². The van der Waals surface area contributed by atoms with Crippen molar-refractivity contribution in [1.82, 2.24) is 10.2 Å². The molecule has 1 fully saturated rings. The molecule has 2 amide bonds. The molecule has 1 aliphatic heterocycles. The van der Waals surface area contributed by atoms with E-state index < -0.39 is 18.1 Å². The minimum absolute atomic E-state index is 0.0174. The number of carbonyl (C=O) groups is 3. The lowest BCUT2D eigenvalue weighted by atomic mass is 10.0. The molecule has 1 rings (SSSR count). The van der Waals surface area contributed by atoms with E-state index in [1.165, 1.54) is 14.2 Å². The third kappa shape index (κ3) is 2.82. The zero-order chi connectivity index (χ0) is 13.2. The molecule has 1 aliphatic rings. The Labute approximate surface area is 100 Å². The van der Waals surface area contributed by atoms with Gasteiger partial charge in [0.25, 0.3) is 0 Å². The van der Waals surface area contributed by atoms with Gasteiger partial charge < -0.3 is 4.74 Å². The van der Waals surface area contributed by atoms with Gasteiger partial charge in [0.2, 0.25) is 11.8 Å². The number of ether oxygens (including phenoxy) is 1. The highest BCUT2D eigenvalue weighted by Gasteiger charge is 2.39. The van der Waals surface area contributed by atoms with Crippen LogP contribution in [0.15, 0.2) is 0 Å². The molecule has 6 heteroatoms. The summed E-state index contributed by atoms with van der Waals surface area (Å²) in [6.07, 6.45) is 0.0928. The van der Waals surface area contributed by atoms with Gasteiger partial charge in [-0.1, -0.05) is 13.8 Å². The fraction of sp³-hybridized carbons (Fsp3) is 0.727. The number of rotatable bonds is 4. The molecular formula is C11H18N2O4. The van der Waals surface area contributed by atoms with Crippen LogP contribution in [0.1, 0.15) is 20.3 Å². The van der Waals surface area contributed by atoms with E-state index in [-0.39, 0.29) is 24.2 Å². The molecule has 0 aromatic heterocycles. The van der Waals surface area contributed by atoms with Gasteiger partial charge in [-0.15, -0.1) is 0 Å². The van der Waals surface area contributed by atoms with Gasteiger partial charge >= 0.3 is 5.97 Å². The maximum absolute atomic E-state index is 11.7. The number of hydrogen-bond acceptors (Lipinski definition) is 5. The van der Waals surface area contributed by atoms with E-state index in [2.05, 4.69) is 10.1 Å². The highest BCUT2D eigenvalue weighted by Crippen LogP contribution is 2.14. The van der Waals surface area contributed by atoms with Crippen LogP contribution in [0.25, 0.3) is 0 Å². The first-order valence-corrected chi connectivity index (χ1v) is 5.52. The van der Waals surface area contributed by atoms with Crippen LogP contribution in [0.5, 0.6) is 0 Å². The van der Waals surface area contributed by atoms with Crippen molar-refractivity contribution in [1.29, 1.82) is 0 Å². The first-order valence-electron chi connectivity index (χ1n) is 5.52. The van der Waals surface area contributed by atoms with Crippen LogP contribution in [-0.2, 0) is 19.1 Å². The van der Waals surface area contributed by atoms with Crippen LogP contribution in [0, 0.1) is 5.92 Å². The first kappa shape index (κ1) is 13.6. The molecule has 17 heavy (non-hydrogen) atoms. The molecule has 2 atom stereocenters. The molecule has 0 radical (unpaired) electrons. The molecule has 2 unspecified atom stereocenters. The van der Waals surface area contributed by atoms with Crippen LogP contribution >= 0.6 is 0 Å². The standard InChI is InChI=1S/C11H18N2O4/c1-6(2)9(11(16)17-4)12-7-5-8(14)13(3)10(7)15/h6-7,9,12H,5H2,1-4H3. The number of imide groups is 1. The Hall–Kier alpha value is -1.43. The Balaban J connectivity index is 2.72. The minimum Gasteiger partial charge on any atom is -0.468 e. The summed E-state index contributed by atoms with van der Waals surface area (Å²) in [6.45, 7) is 3.69. The van der Waals surface area contributed by atoms with Crippen LogP contribution in [0.3, 0.4) is 0 Å². The molecule has 0 spiro atoms. The second kappa shape index (κ2) is 5.27. The summed E-state index contributed by atoms with van der Waals surface area (Å²) in [4.78, 5) is 35.6. The van der Waals surface area contributed by atoms with E-state index in [0.717, 1.165) is 4.90 Å². The third-order valence-corrected chi connectivity index (χ3v) is 2.88. The van der Waals surface area contributed by atoms with Gasteiger partial charge in [0.15, 0.2) is 0 Å². The van der Waals surface area contributed by atoms with E-state index in [9.17, 15) is 14.4 Å². The Morgan fingerprint density at radius 2 is 2.06 bits per heavy atom. The summed E-state index contributed by atoms with van der Waals surface area (Å²) in [5, 5.41) is 2.89.